The first-order chi connectivity index (χ1) is 15.9. The lowest BCUT2D eigenvalue weighted by Crippen LogP contribution is -2.49. The number of anilines is 1. The molecule has 2 aliphatic heterocycles. The molecule has 0 unspecified atom stereocenters. The molecule has 8 nitrogen and oxygen atoms in total. The van der Waals surface area contributed by atoms with Crippen molar-refractivity contribution in [3.05, 3.63) is 65.7 Å². The molecule has 1 atom stereocenters. The summed E-state index contributed by atoms with van der Waals surface area (Å²) in [4.78, 5) is 29.9. The third-order valence-corrected chi connectivity index (χ3v) is 8.05. The highest BCUT2D eigenvalue weighted by atomic mass is 32.2. The van der Waals surface area contributed by atoms with E-state index < -0.39 is 15.9 Å². The van der Waals surface area contributed by atoms with Crippen LogP contribution in [-0.2, 0) is 14.8 Å². The second-order valence-corrected chi connectivity index (χ2v) is 10.3. The van der Waals surface area contributed by atoms with E-state index in [4.69, 9.17) is 0 Å². The van der Waals surface area contributed by atoms with Gasteiger partial charge in [-0.05, 0) is 30.3 Å². The summed E-state index contributed by atoms with van der Waals surface area (Å²) >= 11 is 0. The highest BCUT2D eigenvalue weighted by Crippen LogP contribution is 2.26. The summed E-state index contributed by atoms with van der Waals surface area (Å²) in [6.45, 7) is 7.47. The first-order valence-corrected chi connectivity index (χ1v) is 13.0. The minimum absolute atomic E-state index is 0.0389. The quantitative estimate of drug-likeness (QED) is 0.665. The van der Waals surface area contributed by atoms with E-state index in [0.717, 1.165) is 42.6 Å². The molecule has 1 N–H and O–H groups in total. The van der Waals surface area contributed by atoms with Gasteiger partial charge in [0.25, 0.3) is 5.91 Å². The molecule has 9 heteroatoms. The Morgan fingerprint density at radius 3 is 2.39 bits per heavy atom. The summed E-state index contributed by atoms with van der Waals surface area (Å²) in [6, 6.07) is 16.4. The number of amides is 2. The van der Waals surface area contributed by atoms with Crippen LogP contribution in [0.25, 0.3) is 0 Å². The van der Waals surface area contributed by atoms with Gasteiger partial charge in [0.2, 0.25) is 15.9 Å². The number of rotatable bonds is 7. The number of benzene rings is 2. The molecule has 2 saturated heterocycles. The maximum absolute atomic E-state index is 13.0. The SMILES string of the molecule is CCN1CCN([C@@H](CNC(=O)c2cccc(N3C(=O)CCS3(=O)=O)c2)c2ccccc2)CC1. The van der Waals surface area contributed by atoms with E-state index in [1.165, 1.54) is 12.1 Å². The lowest BCUT2D eigenvalue weighted by atomic mass is 10.0. The van der Waals surface area contributed by atoms with Crippen LogP contribution in [0.3, 0.4) is 0 Å². The van der Waals surface area contributed by atoms with Crippen molar-refractivity contribution >= 4 is 27.5 Å². The minimum Gasteiger partial charge on any atom is -0.350 e. The number of piperazine rings is 1. The molecule has 0 aromatic heterocycles. The Morgan fingerprint density at radius 1 is 1.03 bits per heavy atom. The molecule has 176 valence electrons. The summed E-state index contributed by atoms with van der Waals surface area (Å²) in [5.74, 6) is -0.969. The van der Waals surface area contributed by atoms with E-state index in [0.29, 0.717) is 12.1 Å². The Hall–Kier alpha value is -2.75. The van der Waals surface area contributed by atoms with E-state index in [-0.39, 0.29) is 29.8 Å². The summed E-state index contributed by atoms with van der Waals surface area (Å²) in [6.07, 6.45) is -0.0389. The van der Waals surface area contributed by atoms with Crippen LogP contribution in [0.1, 0.15) is 35.3 Å². The molecular weight excluding hydrogens is 440 g/mol. The van der Waals surface area contributed by atoms with Crippen molar-refractivity contribution in [3.63, 3.8) is 0 Å². The van der Waals surface area contributed by atoms with Crippen molar-refractivity contribution in [1.29, 1.82) is 0 Å². The van der Waals surface area contributed by atoms with E-state index in [2.05, 4.69) is 34.2 Å². The fraction of sp³-hybridized carbons (Fsp3) is 0.417. The van der Waals surface area contributed by atoms with E-state index in [9.17, 15) is 18.0 Å². The van der Waals surface area contributed by atoms with E-state index in [1.807, 2.05) is 18.2 Å². The average molecular weight is 471 g/mol. The number of hydrogen-bond acceptors (Lipinski definition) is 6. The predicted octanol–water partition coefficient (Wildman–Crippen LogP) is 1.86. The highest BCUT2D eigenvalue weighted by Gasteiger charge is 2.36. The van der Waals surface area contributed by atoms with Crippen molar-refractivity contribution < 1.29 is 18.0 Å². The van der Waals surface area contributed by atoms with Crippen LogP contribution in [-0.4, -0.2) is 75.1 Å². The second kappa shape index (κ2) is 10.0. The van der Waals surface area contributed by atoms with Gasteiger partial charge in [0.15, 0.2) is 0 Å². The number of likely N-dealkylation sites (N-methyl/N-ethyl adjacent to an activating group) is 1. The van der Waals surface area contributed by atoms with E-state index in [1.54, 1.807) is 12.1 Å². The van der Waals surface area contributed by atoms with Gasteiger partial charge in [-0.3, -0.25) is 14.5 Å². The molecule has 2 aliphatic rings. The van der Waals surface area contributed by atoms with Gasteiger partial charge in [-0.25, -0.2) is 12.7 Å². The Labute approximate surface area is 195 Å². The van der Waals surface area contributed by atoms with Gasteiger partial charge in [-0.1, -0.05) is 43.3 Å². The molecule has 0 bridgehead atoms. The molecule has 33 heavy (non-hydrogen) atoms. The van der Waals surface area contributed by atoms with Crippen LogP contribution in [0.15, 0.2) is 54.6 Å². The van der Waals surface area contributed by atoms with Crippen LogP contribution in [0.4, 0.5) is 5.69 Å². The smallest absolute Gasteiger partial charge is 0.251 e. The lowest BCUT2D eigenvalue weighted by molar-refractivity contribution is -0.116. The number of carbonyl (C=O) groups excluding carboxylic acids is 2. The summed E-state index contributed by atoms with van der Waals surface area (Å²) in [7, 11) is -3.67. The van der Waals surface area contributed by atoms with Crippen molar-refractivity contribution in [2.45, 2.75) is 19.4 Å². The highest BCUT2D eigenvalue weighted by molar-refractivity contribution is 7.94. The van der Waals surface area contributed by atoms with Gasteiger partial charge in [0.1, 0.15) is 0 Å². The largest absolute Gasteiger partial charge is 0.350 e. The normalized spacial score (nSPS) is 20.0. The molecule has 4 rings (SSSR count). The van der Waals surface area contributed by atoms with Gasteiger partial charge >= 0.3 is 0 Å². The number of hydrogen-bond donors (Lipinski definition) is 1. The van der Waals surface area contributed by atoms with Crippen molar-refractivity contribution in [1.82, 2.24) is 15.1 Å². The summed E-state index contributed by atoms with van der Waals surface area (Å²) < 4.78 is 25.3. The zero-order chi connectivity index (χ0) is 23.4. The fourth-order valence-corrected chi connectivity index (χ4v) is 5.91. The van der Waals surface area contributed by atoms with Gasteiger partial charge in [-0.2, -0.15) is 0 Å². The third-order valence-electron chi connectivity index (χ3n) is 6.36. The van der Waals surface area contributed by atoms with Crippen molar-refractivity contribution in [2.75, 3.05) is 49.3 Å². The molecule has 2 fully saturated rings. The average Bonchev–Trinajstić information content (AvgIpc) is 3.12. The Morgan fingerprint density at radius 2 is 1.76 bits per heavy atom. The molecular formula is C24H30N4O4S. The Kier molecular flexibility index (Phi) is 7.11. The fourth-order valence-electron chi connectivity index (χ4n) is 4.46. The number of carbonyl (C=O) groups is 2. The topological polar surface area (TPSA) is 90.0 Å². The third kappa shape index (κ3) is 5.26. The van der Waals surface area contributed by atoms with E-state index >= 15 is 0 Å². The number of sulfonamides is 1. The molecule has 2 aromatic carbocycles. The zero-order valence-corrected chi connectivity index (χ0v) is 19.6. The molecule has 2 aromatic rings. The van der Waals surface area contributed by atoms with Crippen LogP contribution >= 0.6 is 0 Å². The van der Waals surface area contributed by atoms with Gasteiger partial charge in [0.05, 0.1) is 17.5 Å². The molecule has 0 radical (unpaired) electrons. The monoisotopic (exact) mass is 470 g/mol. The maximum Gasteiger partial charge on any atom is 0.251 e. The standard InChI is InChI=1S/C24H30N4O4S/c1-2-26-12-14-27(15-13-26)22(19-7-4-3-5-8-19)18-25-24(30)20-9-6-10-21(17-20)28-23(29)11-16-33(28,31)32/h3-10,17,22H,2,11-16,18H2,1H3,(H,25,30)/t22-/m0/s1. The molecule has 2 heterocycles. The number of nitrogens with one attached hydrogen (secondary N) is 1. The number of nitrogens with zero attached hydrogens (tertiary/aromatic N) is 3. The van der Waals surface area contributed by atoms with Crippen LogP contribution in [0.2, 0.25) is 0 Å². The van der Waals surface area contributed by atoms with Crippen molar-refractivity contribution in [3.8, 4) is 0 Å². The molecule has 0 spiro atoms. The van der Waals surface area contributed by atoms with Crippen LogP contribution in [0.5, 0.6) is 0 Å². The van der Waals surface area contributed by atoms with Crippen LogP contribution < -0.4 is 9.62 Å². The second-order valence-electron chi connectivity index (χ2n) is 8.38. The molecule has 0 aliphatic carbocycles. The van der Waals surface area contributed by atoms with Crippen LogP contribution in [0, 0.1) is 0 Å². The predicted molar refractivity (Wildman–Crippen MR) is 128 cm³/mol. The maximum atomic E-state index is 13.0. The van der Waals surface area contributed by atoms with Gasteiger partial charge < -0.3 is 10.2 Å². The first kappa shape index (κ1) is 23.4. The summed E-state index contributed by atoms with van der Waals surface area (Å²) in [5, 5.41) is 3.02. The Balaban J connectivity index is 1.48. The zero-order valence-electron chi connectivity index (χ0n) is 18.8. The minimum atomic E-state index is -3.67. The lowest BCUT2D eigenvalue weighted by Gasteiger charge is -2.39. The summed E-state index contributed by atoms with van der Waals surface area (Å²) in [5.41, 5.74) is 1.68. The van der Waals surface area contributed by atoms with Gasteiger partial charge in [-0.15, -0.1) is 0 Å². The molecule has 0 saturated carbocycles. The first-order valence-electron chi connectivity index (χ1n) is 11.3. The molecule has 2 amide bonds. The van der Waals surface area contributed by atoms with Gasteiger partial charge in [0, 0.05) is 44.7 Å². The Bertz CT molecular complexity index is 1100. The van der Waals surface area contributed by atoms with Crippen molar-refractivity contribution in [2.24, 2.45) is 0 Å².